The number of likely N-dealkylation sites (N-methyl/N-ethyl adjacent to an activating group) is 1. The highest BCUT2D eigenvalue weighted by molar-refractivity contribution is 9.10. The molecule has 0 saturated heterocycles. The van der Waals surface area contributed by atoms with Crippen molar-refractivity contribution in [3.8, 4) is 0 Å². The van der Waals surface area contributed by atoms with E-state index in [1.165, 1.54) is 0 Å². The topological polar surface area (TPSA) is 38.5 Å². The monoisotopic (exact) mass is 286 g/mol. The minimum absolute atomic E-state index is 0.272. The number of nitrogen functional groups attached to an aromatic ring is 1. The summed E-state index contributed by atoms with van der Waals surface area (Å²) in [5, 5.41) is 0. The number of hydrogen-bond acceptors (Lipinski definition) is 3. The lowest BCUT2D eigenvalue weighted by molar-refractivity contribution is 0.0846. The molecule has 3 nitrogen and oxygen atoms in total. The zero-order valence-electron chi connectivity index (χ0n) is 10.0. The van der Waals surface area contributed by atoms with Crippen molar-refractivity contribution in [3.63, 3.8) is 0 Å². The van der Waals surface area contributed by atoms with Gasteiger partial charge in [0, 0.05) is 18.1 Å². The smallest absolute Gasteiger partial charge is 0.0644 e. The Bertz CT molecular complexity index is 342. The zero-order chi connectivity index (χ0) is 12.1. The van der Waals surface area contributed by atoms with Gasteiger partial charge >= 0.3 is 0 Å². The third-order valence-electron chi connectivity index (χ3n) is 2.28. The quantitative estimate of drug-likeness (QED) is 0.846. The van der Waals surface area contributed by atoms with Crippen LogP contribution in [0.5, 0.6) is 0 Å². The Hall–Kier alpha value is -0.740. The largest absolute Gasteiger partial charge is 0.397 e. The van der Waals surface area contributed by atoms with E-state index < -0.39 is 0 Å². The summed E-state index contributed by atoms with van der Waals surface area (Å²) in [4.78, 5) is 2.10. The Morgan fingerprint density at radius 2 is 2.12 bits per heavy atom. The Morgan fingerprint density at radius 1 is 1.44 bits per heavy atom. The molecule has 0 aromatic heterocycles. The fraction of sp³-hybridized carbons (Fsp3) is 0.500. The van der Waals surface area contributed by atoms with Gasteiger partial charge in [-0.15, -0.1) is 0 Å². The molecule has 0 fully saturated rings. The average Bonchev–Trinajstić information content (AvgIpc) is 2.21. The zero-order valence-corrected chi connectivity index (χ0v) is 11.6. The molecule has 0 bridgehead atoms. The molecule has 0 saturated carbocycles. The Labute approximate surface area is 106 Å². The Morgan fingerprint density at radius 3 is 2.75 bits per heavy atom. The first-order chi connectivity index (χ1) is 7.50. The maximum atomic E-state index is 5.92. The van der Waals surface area contributed by atoms with Gasteiger partial charge in [-0.05, 0) is 32.0 Å². The second kappa shape index (κ2) is 6.11. The van der Waals surface area contributed by atoms with Crippen LogP contribution in [0.3, 0.4) is 0 Å². The first kappa shape index (κ1) is 13.3. The van der Waals surface area contributed by atoms with Gasteiger partial charge in [-0.2, -0.15) is 0 Å². The van der Waals surface area contributed by atoms with Gasteiger partial charge in [0.1, 0.15) is 0 Å². The highest BCUT2D eigenvalue weighted by Crippen LogP contribution is 2.25. The van der Waals surface area contributed by atoms with E-state index in [4.69, 9.17) is 10.5 Å². The number of nitrogens with two attached hydrogens (primary N) is 1. The highest BCUT2D eigenvalue weighted by atomic mass is 79.9. The number of halogens is 1. The van der Waals surface area contributed by atoms with Crippen LogP contribution in [0, 0.1) is 0 Å². The molecular formula is C12H19BrN2O. The fourth-order valence-electron chi connectivity index (χ4n) is 1.39. The third-order valence-corrected chi connectivity index (χ3v) is 2.77. The normalized spacial score (nSPS) is 10.8. The van der Waals surface area contributed by atoms with Crippen LogP contribution in [0.4, 0.5) is 11.4 Å². The van der Waals surface area contributed by atoms with Gasteiger partial charge in [0.25, 0.3) is 0 Å². The lowest BCUT2D eigenvalue weighted by Gasteiger charge is -2.21. The van der Waals surface area contributed by atoms with Crippen LogP contribution >= 0.6 is 15.9 Å². The second-order valence-electron chi connectivity index (χ2n) is 4.04. The van der Waals surface area contributed by atoms with Crippen molar-refractivity contribution in [2.45, 2.75) is 20.0 Å². The molecule has 90 valence electrons. The molecule has 0 aliphatic carbocycles. The van der Waals surface area contributed by atoms with Gasteiger partial charge in [-0.1, -0.05) is 15.9 Å². The summed E-state index contributed by atoms with van der Waals surface area (Å²) < 4.78 is 6.55. The first-order valence-electron chi connectivity index (χ1n) is 5.38. The highest BCUT2D eigenvalue weighted by Gasteiger charge is 2.06. The summed E-state index contributed by atoms with van der Waals surface area (Å²) in [5.41, 5.74) is 7.74. The molecule has 0 aliphatic rings. The van der Waals surface area contributed by atoms with E-state index in [1.807, 2.05) is 39.1 Å². The molecule has 0 radical (unpaired) electrons. The molecule has 1 aromatic rings. The van der Waals surface area contributed by atoms with E-state index in [1.54, 1.807) is 0 Å². The maximum Gasteiger partial charge on any atom is 0.0644 e. The van der Waals surface area contributed by atoms with Crippen molar-refractivity contribution in [1.82, 2.24) is 0 Å². The molecule has 1 rings (SSSR count). The molecule has 0 spiro atoms. The standard InChI is InChI=1S/C12H19BrN2O/c1-9(2)16-7-6-15(3)12-8-10(13)4-5-11(12)14/h4-5,8-9H,6-7,14H2,1-3H3. The van der Waals surface area contributed by atoms with Crippen LogP contribution < -0.4 is 10.6 Å². The summed E-state index contributed by atoms with van der Waals surface area (Å²) in [6.45, 7) is 5.61. The van der Waals surface area contributed by atoms with Crippen LogP contribution in [-0.2, 0) is 4.74 Å². The number of ether oxygens (including phenoxy) is 1. The van der Waals surface area contributed by atoms with Crippen LogP contribution in [-0.4, -0.2) is 26.3 Å². The number of benzene rings is 1. The summed E-state index contributed by atoms with van der Waals surface area (Å²) in [7, 11) is 2.02. The number of rotatable bonds is 5. The van der Waals surface area contributed by atoms with E-state index in [0.717, 1.165) is 22.4 Å². The molecule has 0 atom stereocenters. The molecule has 0 unspecified atom stereocenters. The number of anilines is 2. The van der Waals surface area contributed by atoms with Crippen molar-refractivity contribution in [2.75, 3.05) is 30.8 Å². The summed E-state index contributed by atoms with van der Waals surface area (Å²) in [5.74, 6) is 0. The van der Waals surface area contributed by atoms with E-state index in [0.29, 0.717) is 6.61 Å². The van der Waals surface area contributed by atoms with Crippen molar-refractivity contribution in [2.24, 2.45) is 0 Å². The van der Waals surface area contributed by atoms with Crippen molar-refractivity contribution in [3.05, 3.63) is 22.7 Å². The molecule has 0 aliphatic heterocycles. The maximum absolute atomic E-state index is 5.92. The molecule has 4 heteroatoms. The minimum atomic E-state index is 0.272. The molecule has 1 aromatic carbocycles. The first-order valence-corrected chi connectivity index (χ1v) is 6.17. The molecule has 0 amide bonds. The van der Waals surface area contributed by atoms with Gasteiger partial charge in [-0.3, -0.25) is 0 Å². The average molecular weight is 287 g/mol. The second-order valence-corrected chi connectivity index (χ2v) is 4.96. The number of hydrogen-bond donors (Lipinski definition) is 1. The summed E-state index contributed by atoms with van der Waals surface area (Å²) in [6.07, 6.45) is 0.272. The van der Waals surface area contributed by atoms with Gasteiger partial charge < -0.3 is 15.4 Å². The molecule has 2 N–H and O–H groups in total. The van der Waals surface area contributed by atoms with Crippen LogP contribution in [0.15, 0.2) is 22.7 Å². The Balaban J connectivity index is 2.58. The van der Waals surface area contributed by atoms with Crippen molar-refractivity contribution in [1.29, 1.82) is 0 Å². The van der Waals surface area contributed by atoms with Gasteiger partial charge in [0.2, 0.25) is 0 Å². The molecule has 0 heterocycles. The van der Waals surface area contributed by atoms with Crippen molar-refractivity contribution < 1.29 is 4.74 Å². The molecule has 16 heavy (non-hydrogen) atoms. The van der Waals surface area contributed by atoms with Crippen LogP contribution in [0.1, 0.15) is 13.8 Å². The van der Waals surface area contributed by atoms with Crippen LogP contribution in [0.2, 0.25) is 0 Å². The molecular weight excluding hydrogens is 268 g/mol. The van der Waals surface area contributed by atoms with Gasteiger partial charge in [0.05, 0.1) is 24.1 Å². The summed E-state index contributed by atoms with van der Waals surface area (Å²) in [6, 6.07) is 5.86. The van der Waals surface area contributed by atoms with Gasteiger partial charge in [-0.25, -0.2) is 0 Å². The van der Waals surface area contributed by atoms with E-state index >= 15 is 0 Å². The van der Waals surface area contributed by atoms with Crippen LogP contribution in [0.25, 0.3) is 0 Å². The fourth-order valence-corrected chi connectivity index (χ4v) is 1.74. The van der Waals surface area contributed by atoms with E-state index in [9.17, 15) is 0 Å². The van der Waals surface area contributed by atoms with E-state index in [-0.39, 0.29) is 6.10 Å². The summed E-state index contributed by atoms with van der Waals surface area (Å²) >= 11 is 3.44. The third kappa shape index (κ3) is 4.02. The predicted octanol–water partition coefficient (Wildman–Crippen LogP) is 2.89. The van der Waals surface area contributed by atoms with Gasteiger partial charge in [0.15, 0.2) is 0 Å². The lowest BCUT2D eigenvalue weighted by atomic mass is 10.2. The number of nitrogens with zero attached hydrogens (tertiary/aromatic N) is 1. The van der Waals surface area contributed by atoms with Crippen molar-refractivity contribution >= 4 is 27.3 Å². The lowest BCUT2D eigenvalue weighted by Crippen LogP contribution is -2.24. The SMILES string of the molecule is CC(C)OCCN(C)c1cc(Br)ccc1N. The van der Waals surface area contributed by atoms with E-state index in [2.05, 4.69) is 20.8 Å². The predicted molar refractivity (Wildman–Crippen MR) is 72.9 cm³/mol. The minimum Gasteiger partial charge on any atom is -0.397 e. The Kier molecular flexibility index (Phi) is 5.09.